The highest BCUT2D eigenvalue weighted by atomic mass is 14.9. The van der Waals surface area contributed by atoms with E-state index < -0.39 is 0 Å². The fraction of sp³-hybridized carbons (Fsp3) is 0.882. The Hall–Kier alpha value is -0.480. The van der Waals surface area contributed by atoms with Crippen molar-refractivity contribution in [3.63, 3.8) is 0 Å². The van der Waals surface area contributed by atoms with Crippen molar-refractivity contribution in [2.75, 3.05) is 7.05 Å². The number of nitrogens with one attached hydrogen (secondary N) is 1. The summed E-state index contributed by atoms with van der Waals surface area (Å²) in [6, 6.07) is 0.651. The second-order valence-electron chi connectivity index (χ2n) is 7.72. The van der Waals surface area contributed by atoms with Gasteiger partial charge in [-0.15, -0.1) is 5.92 Å². The van der Waals surface area contributed by atoms with E-state index in [0.29, 0.717) is 6.04 Å². The largest absolute Gasteiger partial charge is 0.316 e. The summed E-state index contributed by atoms with van der Waals surface area (Å²) >= 11 is 0. The van der Waals surface area contributed by atoms with Crippen molar-refractivity contribution < 1.29 is 0 Å². The fourth-order valence-electron chi connectivity index (χ4n) is 4.79. The van der Waals surface area contributed by atoms with E-state index in [4.69, 9.17) is 0 Å². The molecule has 1 N–H and O–H groups in total. The molecule has 100 valence electrons. The predicted octanol–water partition coefficient (Wildman–Crippen LogP) is 3.31. The molecule has 3 aliphatic rings. The lowest BCUT2D eigenvalue weighted by Crippen LogP contribution is -2.29. The zero-order valence-corrected chi connectivity index (χ0v) is 12.3. The molecule has 5 unspecified atom stereocenters. The summed E-state index contributed by atoms with van der Waals surface area (Å²) in [5.74, 6) is 12.1. The summed E-state index contributed by atoms with van der Waals surface area (Å²) in [4.78, 5) is 0. The standard InChI is InChI=1S/C17H27N/c1-17(2,3)9-5-6-13(18-4)16-14-11-7-8-12(10-11)15(14)16/h11-16,18H,6-8,10H2,1-4H3. The molecule has 0 heterocycles. The molecule has 1 nitrogen and oxygen atoms in total. The molecule has 5 atom stereocenters. The Labute approximate surface area is 112 Å². The molecule has 0 aromatic rings. The lowest BCUT2D eigenvalue weighted by atomic mass is 9.94. The Morgan fingerprint density at radius 2 is 1.78 bits per heavy atom. The highest BCUT2D eigenvalue weighted by Crippen LogP contribution is 2.70. The van der Waals surface area contributed by atoms with Crippen LogP contribution in [0.5, 0.6) is 0 Å². The van der Waals surface area contributed by atoms with Gasteiger partial charge in [-0.1, -0.05) is 5.92 Å². The van der Waals surface area contributed by atoms with E-state index in [0.717, 1.165) is 36.0 Å². The molecule has 0 amide bonds. The minimum atomic E-state index is 0.150. The summed E-state index contributed by atoms with van der Waals surface area (Å²) in [6.07, 6.45) is 5.64. The van der Waals surface area contributed by atoms with E-state index in [2.05, 4.69) is 45.0 Å². The van der Waals surface area contributed by atoms with Crippen molar-refractivity contribution in [3.8, 4) is 11.8 Å². The number of fused-ring (bicyclic) bond motifs is 5. The molecular weight excluding hydrogens is 218 g/mol. The van der Waals surface area contributed by atoms with Crippen LogP contribution in [0, 0.1) is 46.8 Å². The maximum Gasteiger partial charge on any atom is 0.0246 e. The van der Waals surface area contributed by atoms with Gasteiger partial charge in [-0.2, -0.15) is 0 Å². The maximum atomic E-state index is 3.55. The van der Waals surface area contributed by atoms with Gasteiger partial charge in [0.1, 0.15) is 0 Å². The second-order valence-corrected chi connectivity index (χ2v) is 7.72. The molecule has 3 saturated carbocycles. The first kappa shape index (κ1) is 12.5. The Morgan fingerprint density at radius 1 is 1.17 bits per heavy atom. The third-order valence-electron chi connectivity index (χ3n) is 5.42. The van der Waals surface area contributed by atoms with Crippen LogP contribution in [0.15, 0.2) is 0 Å². The Balaban J connectivity index is 1.60. The molecule has 3 fully saturated rings. The fourth-order valence-corrected chi connectivity index (χ4v) is 4.79. The molecule has 18 heavy (non-hydrogen) atoms. The maximum absolute atomic E-state index is 3.55. The van der Waals surface area contributed by atoms with Gasteiger partial charge >= 0.3 is 0 Å². The van der Waals surface area contributed by atoms with Crippen LogP contribution in [0.4, 0.5) is 0 Å². The van der Waals surface area contributed by atoms with E-state index in [1.165, 1.54) is 12.8 Å². The second kappa shape index (κ2) is 4.27. The molecule has 0 aromatic carbocycles. The smallest absolute Gasteiger partial charge is 0.0246 e. The van der Waals surface area contributed by atoms with E-state index >= 15 is 0 Å². The molecule has 0 spiro atoms. The van der Waals surface area contributed by atoms with Crippen molar-refractivity contribution in [2.24, 2.45) is 35.0 Å². The Morgan fingerprint density at radius 3 is 2.28 bits per heavy atom. The monoisotopic (exact) mass is 245 g/mol. The van der Waals surface area contributed by atoms with Gasteiger partial charge < -0.3 is 5.32 Å². The van der Waals surface area contributed by atoms with E-state index in [1.54, 1.807) is 6.42 Å². The molecule has 1 heteroatoms. The van der Waals surface area contributed by atoms with Gasteiger partial charge in [0.25, 0.3) is 0 Å². The molecule has 2 bridgehead atoms. The average Bonchev–Trinajstić information content (AvgIpc) is 2.72. The van der Waals surface area contributed by atoms with Gasteiger partial charge in [0, 0.05) is 17.9 Å². The first-order valence-corrected chi connectivity index (χ1v) is 7.68. The van der Waals surface area contributed by atoms with Crippen LogP contribution in [0.25, 0.3) is 0 Å². The van der Waals surface area contributed by atoms with Gasteiger partial charge in [0.15, 0.2) is 0 Å². The SMILES string of the molecule is CNC(CC#CC(C)(C)C)C1C2C3CCC(C3)C21. The molecule has 0 aromatic heterocycles. The first-order chi connectivity index (χ1) is 8.51. The highest BCUT2D eigenvalue weighted by molar-refractivity contribution is 5.18. The molecule has 0 saturated heterocycles. The van der Waals surface area contributed by atoms with Crippen LogP contribution in [0.2, 0.25) is 0 Å². The average molecular weight is 245 g/mol. The lowest BCUT2D eigenvalue weighted by Gasteiger charge is -2.18. The van der Waals surface area contributed by atoms with Gasteiger partial charge in [-0.3, -0.25) is 0 Å². The van der Waals surface area contributed by atoms with Crippen LogP contribution in [0.1, 0.15) is 46.5 Å². The molecule has 3 rings (SSSR count). The van der Waals surface area contributed by atoms with E-state index in [1.807, 2.05) is 0 Å². The van der Waals surface area contributed by atoms with Crippen molar-refractivity contribution >= 4 is 0 Å². The lowest BCUT2D eigenvalue weighted by molar-refractivity contribution is 0.382. The van der Waals surface area contributed by atoms with Gasteiger partial charge in [0.05, 0.1) is 0 Å². The minimum absolute atomic E-state index is 0.150. The van der Waals surface area contributed by atoms with Crippen LogP contribution in [-0.4, -0.2) is 13.1 Å². The van der Waals surface area contributed by atoms with Crippen LogP contribution in [-0.2, 0) is 0 Å². The van der Waals surface area contributed by atoms with Crippen LogP contribution >= 0.6 is 0 Å². The highest BCUT2D eigenvalue weighted by Gasteiger charge is 2.66. The third kappa shape index (κ3) is 2.10. The first-order valence-electron chi connectivity index (χ1n) is 7.68. The van der Waals surface area contributed by atoms with Crippen molar-refractivity contribution in [2.45, 2.75) is 52.5 Å². The summed E-state index contributed by atoms with van der Waals surface area (Å²) in [6.45, 7) is 6.58. The van der Waals surface area contributed by atoms with Crippen molar-refractivity contribution in [1.29, 1.82) is 0 Å². The predicted molar refractivity (Wildman–Crippen MR) is 76.0 cm³/mol. The Bertz CT molecular complexity index is 365. The normalized spacial score (nSPS) is 42.1. The molecule has 0 aliphatic heterocycles. The van der Waals surface area contributed by atoms with Crippen molar-refractivity contribution in [3.05, 3.63) is 0 Å². The summed E-state index contributed by atoms with van der Waals surface area (Å²) in [7, 11) is 2.12. The van der Waals surface area contributed by atoms with Crippen LogP contribution < -0.4 is 5.32 Å². The summed E-state index contributed by atoms with van der Waals surface area (Å²) < 4.78 is 0. The van der Waals surface area contributed by atoms with Gasteiger partial charge in [-0.05, 0) is 76.7 Å². The topological polar surface area (TPSA) is 12.0 Å². The number of hydrogen-bond donors (Lipinski definition) is 1. The molecule has 0 radical (unpaired) electrons. The number of hydrogen-bond acceptors (Lipinski definition) is 1. The molecular formula is C17H27N. The quantitative estimate of drug-likeness (QED) is 0.752. The zero-order chi connectivity index (χ0) is 12.9. The van der Waals surface area contributed by atoms with Crippen molar-refractivity contribution in [1.82, 2.24) is 5.32 Å². The zero-order valence-electron chi connectivity index (χ0n) is 12.3. The number of rotatable bonds is 3. The third-order valence-corrected chi connectivity index (χ3v) is 5.42. The minimum Gasteiger partial charge on any atom is -0.316 e. The summed E-state index contributed by atoms with van der Waals surface area (Å²) in [5.41, 5.74) is 0.150. The van der Waals surface area contributed by atoms with Crippen LogP contribution in [0.3, 0.4) is 0 Å². The van der Waals surface area contributed by atoms with E-state index in [-0.39, 0.29) is 5.41 Å². The van der Waals surface area contributed by atoms with Gasteiger partial charge in [-0.25, -0.2) is 0 Å². The Kier molecular flexibility index (Phi) is 2.98. The molecule has 3 aliphatic carbocycles. The summed E-state index contributed by atoms with van der Waals surface area (Å²) in [5, 5.41) is 3.55. The van der Waals surface area contributed by atoms with E-state index in [9.17, 15) is 0 Å². The van der Waals surface area contributed by atoms with Gasteiger partial charge in [0.2, 0.25) is 0 Å².